The predicted octanol–water partition coefficient (Wildman–Crippen LogP) is 9.91. The second kappa shape index (κ2) is 15.2. The minimum absolute atomic E-state index is 0.795. The number of aryl methyl sites for hydroxylation is 2. The van der Waals surface area contributed by atoms with Crippen LogP contribution in [0, 0.1) is 6.07 Å². The van der Waals surface area contributed by atoms with Crippen molar-refractivity contribution in [1.29, 1.82) is 0 Å². The molecule has 2 radical (unpaired) electrons. The SMILES string of the molecule is CCCc1cc2c(-c3ccccc3-c3ccccc3)c(CC)ccc2[cH-]1.[Cl][Zr+2][Cl].[c-]1cccc2c1[Si]c1ccccc1-2. The van der Waals surface area contributed by atoms with Crippen molar-refractivity contribution < 1.29 is 20.8 Å². The fourth-order valence-electron chi connectivity index (χ4n) is 5.73. The van der Waals surface area contributed by atoms with E-state index in [1.165, 1.54) is 72.1 Å². The maximum Gasteiger partial charge on any atom is 0.0920 e. The van der Waals surface area contributed by atoms with Gasteiger partial charge in [-0.2, -0.15) is 35.5 Å². The van der Waals surface area contributed by atoms with E-state index in [9.17, 15) is 0 Å². The van der Waals surface area contributed by atoms with Gasteiger partial charge in [-0.05, 0) is 29.5 Å². The summed E-state index contributed by atoms with van der Waals surface area (Å²) < 4.78 is 0. The molecular weight excluding hydrogens is 647 g/mol. The molecule has 0 atom stereocenters. The normalized spacial score (nSPS) is 11.0. The van der Waals surface area contributed by atoms with Crippen LogP contribution in [0.15, 0.2) is 121 Å². The molecule has 0 amide bonds. The molecule has 0 aromatic heterocycles. The summed E-state index contributed by atoms with van der Waals surface area (Å²) in [6.45, 7) is 4.51. The second-order valence-electron chi connectivity index (χ2n) is 10.2. The smallest absolute Gasteiger partial charge is 0.0920 e. The van der Waals surface area contributed by atoms with Crippen LogP contribution < -0.4 is 10.4 Å². The Labute approximate surface area is 271 Å². The van der Waals surface area contributed by atoms with E-state index in [0.29, 0.717) is 0 Å². The van der Waals surface area contributed by atoms with Crippen LogP contribution in [0.5, 0.6) is 0 Å². The molecule has 0 spiro atoms. The number of benzene rings is 5. The van der Waals surface area contributed by atoms with Gasteiger partial charge in [0, 0.05) is 0 Å². The van der Waals surface area contributed by atoms with Crippen LogP contribution in [0.3, 0.4) is 0 Å². The average molecular weight is 679 g/mol. The van der Waals surface area contributed by atoms with Crippen LogP contribution in [0.4, 0.5) is 0 Å². The molecule has 42 heavy (non-hydrogen) atoms. The summed E-state index contributed by atoms with van der Waals surface area (Å²) in [5, 5.41) is 5.59. The van der Waals surface area contributed by atoms with Crippen molar-refractivity contribution in [3.05, 3.63) is 139 Å². The summed E-state index contributed by atoms with van der Waals surface area (Å²) in [5.74, 6) is 0. The van der Waals surface area contributed by atoms with Gasteiger partial charge in [0.15, 0.2) is 0 Å². The first-order chi connectivity index (χ1) is 20.7. The second-order valence-corrected chi connectivity index (χ2v) is 15.2. The van der Waals surface area contributed by atoms with Crippen molar-refractivity contribution in [2.24, 2.45) is 0 Å². The summed E-state index contributed by atoms with van der Waals surface area (Å²) in [5.41, 5.74) is 11.0. The molecule has 1 aliphatic heterocycles. The monoisotopic (exact) mass is 676 g/mol. The molecule has 0 N–H and O–H groups in total. The summed E-state index contributed by atoms with van der Waals surface area (Å²) >= 11 is -0.826. The van der Waals surface area contributed by atoms with Crippen molar-refractivity contribution in [2.75, 3.05) is 0 Å². The Morgan fingerprint density at radius 3 is 2.14 bits per heavy atom. The first kappa shape index (κ1) is 30.8. The topological polar surface area (TPSA) is 0 Å². The van der Waals surface area contributed by atoms with Crippen LogP contribution in [0.25, 0.3) is 44.2 Å². The number of fused-ring (bicyclic) bond motifs is 4. The van der Waals surface area contributed by atoms with Crippen LogP contribution in [0.2, 0.25) is 0 Å². The van der Waals surface area contributed by atoms with Gasteiger partial charge >= 0.3 is 37.9 Å². The van der Waals surface area contributed by atoms with E-state index in [0.717, 1.165) is 22.4 Å². The van der Waals surface area contributed by atoms with Crippen molar-refractivity contribution in [3.63, 3.8) is 0 Å². The van der Waals surface area contributed by atoms with E-state index in [1.807, 2.05) is 6.07 Å². The van der Waals surface area contributed by atoms with E-state index in [4.69, 9.17) is 17.0 Å². The summed E-state index contributed by atoms with van der Waals surface area (Å²) in [7, 11) is 10.7. The third kappa shape index (κ3) is 6.95. The van der Waals surface area contributed by atoms with Crippen molar-refractivity contribution in [2.45, 2.75) is 33.1 Å². The largest absolute Gasteiger partial charge is 0.184 e. The van der Waals surface area contributed by atoms with Crippen LogP contribution in [-0.4, -0.2) is 9.52 Å². The van der Waals surface area contributed by atoms with E-state index in [-0.39, 0.29) is 0 Å². The molecule has 0 unspecified atom stereocenters. The molecule has 0 nitrogen and oxygen atoms in total. The van der Waals surface area contributed by atoms with E-state index in [2.05, 4.69) is 135 Å². The molecule has 6 aromatic rings. The molecule has 0 bridgehead atoms. The van der Waals surface area contributed by atoms with Crippen molar-refractivity contribution in [1.82, 2.24) is 0 Å². The molecule has 0 saturated carbocycles. The molecule has 0 saturated heterocycles. The first-order valence-electron chi connectivity index (χ1n) is 14.4. The fraction of sp³-hybridized carbons (Fsp3) is 0.132. The first-order valence-corrected chi connectivity index (χ1v) is 21.7. The number of rotatable bonds is 5. The molecule has 0 fully saturated rings. The molecule has 206 valence electrons. The maximum atomic E-state index is 4.93. The number of halogens is 2. The molecule has 4 heteroatoms. The third-order valence-corrected chi connectivity index (χ3v) is 8.94. The third-order valence-electron chi connectivity index (χ3n) is 7.57. The molecule has 0 aliphatic carbocycles. The minimum atomic E-state index is -0.826. The minimum Gasteiger partial charge on any atom is -0.184 e. The quantitative estimate of drug-likeness (QED) is 0.126. The van der Waals surface area contributed by atoms with Gasteiger partial charge in [0.25, 0.3) is 0 Å². The molecule has 1 heterocycles. The van der Waals surface area contributed by atoms with Gasteiger partial charge < -0.3 is 0 Å². The summed E-state index contributed by atoms with van der Waals surface area (Å²) in [4.78, 5) is 0. The summed E-state index contributed by atoms with van der Waals surface area (Å²) in [6, 6.07) is 47.1. The number of hydrogen-bond acceptors (Lipinski definition) is 0. The Bertz CT molecular complexity index is 1710. The fourth-order valence-corrected chi connectivity index (χ4v) is 7.04. The van der Waals surface area contributed by atoms with Gasteiger partial charge in [-0.25, -0.2) is 0 Å². The zero-order valence-corrected chi connectivity index (χ0v) is 28.9. The van der Waals surface area contributed by atoms with Crippen molar-refractivity contribution in [3.8, 4) is 33.4 Å². The number of hydrogen-bond donors (Lipinski definition) is 0. The van der Waals surface area contributed by atoms with Gasteiger partial charge in [0.1, 0.15) is 0 Å². The van der Waals surface area contributed by atoms with Crippen LogP contribution in [0.1, 0.15) is 31.4 Å². The van der Waals surface area contributed by atoms with E-state index < -0.39 is 20.8 Å². The molecule has 6 aromatic carbocycles. The molecular formula is C38H32Cl2SiZr. The summed E-state index contributed by atoms with van der Waals surface area (Å²) in [6.07, 6.45) is 3.38. The van der Waals surface area contributed by atoms with Gasteiger partial charge in [-0.15, -0.1) is 40.1 Å². The Hall–Kier alpha value is -2.61. The van der Waals surface area contributed by atoms with Gasteiger partial charge in [-0.1, -0.05) is 121 Å². The Morgan fingerprint density at radius 2 is 1.40 bits per heavy atom. The van der Waals surface area contributed by atoms with Gasteiger partial charge in [0.2, 0.25) is 0 Å². The van der Waals surface area contributed by atoms with Crippen LogP contribution in [-0.2, 0) is 33.7 Å². The van der Waals surface area contributed by atoms with E-state index >= 15 is 0 Å². The Morgan fingerprint density at radius 1 is 0.738 bits per heavy atom. The van der Waals surface area contributed by atoms with E-state index in [1.54, 1.807) is 0 Å². The molecule has 7 rings (SSSR count). The Balaban J connectivity index is 0.000000183. The van der Waals surface area contributed by atoms with Gasteiger partial charge in [0.05, 0.1) is 9.52 Å². The zero-order valence-electron chi connectivity index (χ0n) is 23.9. The molecule has 1 aliphatic rings. The van der Waals surface area contributed by atoms with Gasteiger partial charge in [-0.3, -0.25) is 0 Å². The predicted molar refractivity (Wildman–Crippen MR) is 181 cm³/mol. The van der Waals surface area contributed by atoms with Crippen molar-refractivity contribution >= 4 is 47.7 Å². The standard InChI is InChI=1S/C26H25.C12H7Si.2ClH.Zr/c1-3-10-19-17-22-16-15-20(4-2)26(25(22)18-19)24-14-9-8-13-23(24)21-11-6-5-7-12-21;1-3-7-11-9(5-1)10-6-2-4-8-12(10)13-11;;;/h5-9,11-18H,3-4,10H2,1-2H3;1-7H;2*1H;/q2*-1;;;+4/p-2. The average Bonchev–Trinajstić information content (AvgIpc) is 3.63. The maximum absolute atomic E-state index is 4.93. The zero-order chi connectivity index (χ0) is 29.3. The Kier molecular flexibility index (Phi) is 11.2. The van der Waals surface area contributed by atoms with Crippen LogP contribution >= 0.6 is 17.0 Å².